The summed E-state index contributed by atoms with van der Waals surface area (Å²) in [5, 5.41) is 15.0. The van der Waals surface area contributed by atoms with Gasteiger partial charge in [0.05, 0.1) is 15.6 Å². The van der Waals surface area contributed by atoms with Gasteiger partial charge in [-0.15, -0.1) is 21.5 Å². The third kappa shape index (κ3) is 2.95. The standard InChI is InChI=1S/C13H18N4S2/c1-7(2)6-14-13-17-16-12(19-13)10-8(3)15-11(18-10)9-4-5-9/h7,9H,4-6H2,1-3H3,(H,14,17). The van der Waals surface area contributed by atoms with Crippen LogP contribution in [0.4, 0.5) is 5.13 Å². The minimum Gasteiger partial charge on any atom is -0.360 e. The van der Waals surface area contributed by atoms with E-state index in [0.29, 0.717) is 11.8 Å². The van der Waals surface area contributed by atoms with Crippen molar-refractivity contribution in [2.24, 2.45) is 5.92 Å². The molecule has 1 saturated carbocycles. The molecule has 102 valence electrons. The van der Waals surface area contributed by atoms with Crippen LogP contribution < -0.4 is 5.32 Å². The van der Waals surface area contributed by atoms with E-state index in [1.807, 2.05) is 0 Å². The molecule has 0 atom stereocenters. The van der Waals surface area contributed by atoms with Crippen LogP contribution >= 0.6 is 22.7 Å². The van der Waals surface area contributed by atoms with E-state index in [1.54, 1.807) is 22.7 Å². The molecule has 6 heteroatoms. The molecule has 0 radical (unpaired) electrons. The van der Waals surface area contributed by atoms with Gasteiger partial charge in [0.15, 0.2) is 5.01 Å². The molecular weight excluding hydrogens is 276 g/mol. The number of aromatic nitrogens is 3. The van der Waals surface area contributed by atoms with E-state index in [4.69, 9.17) is 0 Å². The van der Waals surface area contributed by atoms with Gasteiger partial charge in [0.25, 0.3) is 0 Å². The predicted molar refractivity (Wildman–Crippen MR) is 81.1 cm³/mol. The summed E-state index contributed by atoms with van der Waals surface area (Å²) < 4.78 is 0. The summed E-state index contributed by atoms with van der Waals surface area (Å²) in [7, 11) is 0. The van der Waals surface area contributed by atoms with Gasteiger partial charge in [-0.3, -0.25) is 0 Å². The molecule has 1 fully saturated rings. The molecule has 1 aliphatic rings. The van der Waals surface area contributed by atoms with E-state index in [2.05, 4.69) is 41.3 Å². The van der Waals surface area contributed by atoms with Crippen molar-refractivity contribution in [1.29, 1.82) is 0 Å². The number of nitrogens with one attached hydrogen (secondary N) is 1. The number of nitrogens with zero attached hydrogens (tertiary/aromatic N) is 3. The van der Waals surface area contributed by atoms with Gasteiger partial charge in [0, 0.05) is 12.5 Å². The van der Waals surface area contributed by atoms with Crippen molar-refractivity contribution in [3.63, 3.8) is 0 Å². The maximum absolute atomic E-state index is 4.67. The molecule has 2 heterocycles. The lowest BCUT2D eigenvalue weighted by Gasteiger charge is -2.03. The van der Waals surface area contributed by atoms with Crippen molar-refractivity contribution in [2.45, 2.75) is 39.5 Å². The Labute approximate surface area is 121 Å². The molecule has 1 N–H and O–H groups in total. The van der Waals surface area contributed by atoms with E-state index >= 15 is 0 Å². The molecule has 0 bridgehead atoms. The van der Waals surface area contributed by atoms with Gasteiger partial charge in [-0.25, -0.2) is 4.98 Å². The lowest BCUT2D eigenvalue weighted by atomic mass is 10.2. The average Bonchev–Trinajstić information content (AvgIpc) is 2.98. The number of hydrogen-bond donors (Lipinski definition) is 1. The van der Waals surface area contributed by atoms with E-state index in [-0.39, 0.29) is 0 Å². The monoisotopic (exact) mass is 294 g/mol. The van der Waals surface area contributed by atoms with Gasteiger partial charge in [0.1, 0.15) is 0 Å². The normalized spacial score (nSPS) is 15.2. The van der Waals surface area contributed by atoms with Crippen LogP contribution in [0.15, 0.2) is 0 Å². The van der Waals surface area contributed by atoms with E-state index in [9.17, 15) is 0 Å². The molecule has 0 saturated heterocycles. The molecule has 19 heavy (non-hydrogen) atoms. The molecule has 1 aliphatic carbocycles. The second-order valence-electron chi connectivity index (χ2n) is 5.43. The molecule has 2 aromatic rings. The maximum Gasteiger partial charge on any atom is 0.206 e. The molecule has 3 rings (SSSR count). The smallest absolute Gasteiger partial charge is 0.206 e. The minimum atomic E-state index is 0.610. The molecule has 0 spiro atoms. The van der Waals surface area contributed by atoms with Gasteiger partial charge < -0.3 is 5.32 Å². The molecule has 0 amide bonds. The Morgan fingerprint density at radius 3 is 2.74 bits per heavy atom. The molecule has 0 aliphatic heterocycles. The van der Waals surface area contributed by atoms with E-state index in [0.717, 1.165) is 22.4 Å². The number of anilines is 1. The highest BCUT2D eigenvalue weighted by Gasteiger charge is 2.28. The van der Waals surface area contributed by atoms with Crippen LogP contribution in [0, 0.1) is 12.8 Å². The summed E-state index contributed by atoms with van der Waals surface area (Å²) in [4.78, 5) is 5.86. The van der Waals surface area contributed by atoms with Crippen LogP contribution in [-0.4, -0.2) is 21.7 Å². The second-order valence-corrected chi connectivity index (χ2v) is 7.44. The first-order valence-corrected chi connectivity index (χ1v) is 8.32. The summed E-state index contributed by atoms with van der Waals surface area (Å²) in [6, 6.07) is 0. The summed E-state index contributed by atoms with van der Waals surface area (Å²) in [5.41, 5.74) is 1.10. The van der Waals surface area contributed by atoms with Crippen LogP contribution in [0.1, 0.15) is 43.3 Å². The average molecular weight is 294 g/mol. The highest BCUT2D eigenvalue weighted by Crippen LogP contribution is 2.45. The van der Waals surface area contributed by atoms with Gasteiger partial charge >= 0.3 is 0 Å². The van der Waals surface area contributed by atoms with Crippen molar-refractivity contribution in [3.8, 4) is 9.88 Å². The van der Waals surface area contributed by atoms with Gasteiger partial charge in [-0.1, -0.05) is 25.2 Å². The zero-order valence-corrected chi connectivity index (χ0v) is 13.1. The van der Waals surface area contributed by atoms with Crippen molar-refractivity contribution in [1.82, 2.24) is 15.2 Å². The van der Waals surface area contributed by atoms with Crippen LogP contribution in [0.3, 0.4) is 0 Å². The van der Waals surface area contributed by atoms with Crippen molar-refractivity contribution < 1.29 is 0 Å². The Kier molecular flexibility index (Phi) is 3.54. The second kappa shape index (κ2) is 5.17. The third-order valence-electron chi connectivity index (χ3n) is 3.02. The Bertz CT molecular complexity index is 569. The number of aryl methyl sites for hydroxylation is 1. The lowest BCUT2D eigenvalue weighted by molar-refractivity contribution is 0.687. The van der Waals surface area contributed by atoms with Crippen molar-refractivity contribution >= 4 is 27.8 Å². The Hall–Kier alpha value is -1.01. The zero-order chi connectivity index (χ0) is 13.4. The van der Waals surface area contributed by atoms with Crippen LogP contribution in [0.2, 0.25) is 0 Å². The Morgan fingerprint density at radius 1 is 1.26 bits per heavy atom. The van der Waals surface area contributed by atoms with Crippen molar-refractivity contribution in [2.75, 3.05) is 11.9 Å². The number of rotatable bonds is 5. The quantitative estimate of drug-likeness (QED) is 0.908. The van der Waals surface area contributed by atoms with E-state index in [1.165, 1.54) is 22.7 Å². The predicted octanol–water partition coefficient (Wildman–Crippen LogP) is 3.92. The fourth-order valence-corrected chi connectivity index (χ4v) is 3.91. The third-order valence-corrected chi connectivity index (χ3v) is 5.37. The van der Waals surface area contributed by atoms with E-state index < -0.39 is 0 Å². The zero-order valence-electron chi connectivity index (χ0n) is 11.4. The van der Waals surface area contributed by atoms with Crippen LogP contribution in [0.25, 0.3) is 9.88 Å². The first kappa shape index (κ1) is 13.0. The molecule has 4 nitrogen and oxygen atoms in total. The van der Waals surface area contributed by atoms with Gasteiger partial charge in [-0.05, 0) is 25.7 Å². The molecule has 2 aromatic heterocycles. The molecule has 0 aromatic carbocycles. The Balaban J connectivity index is 1.78. The summed E-state index contributed by atoms with van der Waals surface area (Å²) >= 11 is 3.41. The molecule has 0 unspecified atom stereocenters. The highest BCUT2D eigenvalue weighted by molar-refractivity contribution is 7.23. The topological polar surface area (TPSA) is 50.7 Å². The first-order valence-electron chi connectivity index (χ1n) is 6.68. The summed E-state index contributed by atoms with van der Waals surface area (Å²) in [6.45, 7) is 7.37. The van der Waals surface area contributed by atoms with Crippen LogP contribution in [-0.2, 0) is 0 Å². The number of hydrogen-bond acceptors (Lipinski definition) is 6. The maximum atomic E-state index is 4.67. The fourth-order valence-electron chi connectivity index (χ4n) is 1.80. The highest BCUT2D eigenvalue weighted by atomic mass is 32.1. The Morgan fingerprint density at radius 2 is 2.05 bits per heavy atom. The van der Waals surface area contributed by atoms with Gasteiger partial charge in [-0.2, -0.15) is 0 Å². The number of thiazole rings is 1. The SMILES string of the molecule is Cc1nc(C2CC2)sc1-c1nnc(NCC(C)C)s1. The lowest BCUT2D eigenvalue weighted by Crippen LogP contribution is -2.07. The largest absolute Gasteiger partial charge is 0.360 e. The first-order chi connectivity index (χ1) is 9.13. The van der Waals surface area contributed by atoms with Gasteiger partial charge in [0.2, 0.25) is 5.13 Å². The minimum absolute atomic E-state index is 0.610. The molecular formula is C13H18N4S2. The fraction of sp³-hybridized carbons (Fsp3) is 0.615. The summed E-state index contributed by atoms with van der Waals surface area (Å²) in [5.74, 6) is 1.32. The van der Waals surface area contributed by atoms with Crippen molar-refractivity contribution in [3.05, 3.63) is 10.7 Å². The summed E-state index contributed by atoms with van der Waals surface area (Å²) in [6.07, 6.45) is 2.59. The van der Waals surface area contributed by atoms with Crippen LogP contribution in [0.5, 0.6) is 0 Å².